The molecule has 0 N–H and O–H groups in total. The summed E-state index contributed by atoms with van der Waals surface area (Å²) in [5, 5.41) is 0. The van der Waals surface area contributed by atoms with E-state index in [9.17, 15) is 0 Å². The molecular formula is C5H5Cl2Nd. The molecule has 0 aromatic heterocycles. The van der Waals surface area contributed by atoms with Crippen LogP contribution in [0.15, 0.2) is 18.2 Å². The van der Waals surface area contributed by atoms with Crippen LogP contribution in [-0.4, -0.2) is 0 Å². The summed E-state index contributed by atoms with van der Waals surface area (Å²) in [4.78, 5) is 0. The Hall–Kier alpha value is 1.41. The van der Waals surface area contributed by atoms with Gasteiger partial charge in [0.2, 0.25) is 0 Å². The molecule has 1 rings (SSSR count). The molecular weight excluding hydrogens is 275 g/mol. The van der Waals surface area contributed by atoms with Gasteiger partial charge in [-0.2, -0.15) is 6.08 Å². The standard InChI is InChI=1S/C5H5.2ClH.Nd/c1-2-4-5-3-1;;;/h1-3H,4H2;2*1H;/q-1;;;+3/p-2. The van der Waals surface area contributed by atoms with Crippen LogP contribution in [0.5, 0.6) is 0 Å². The minimum Gasteiger partial charge on any atom is -1.00 e. The molecule has 0 saturated heterocycles. The summed E-state index contributed by atoms with van der Waals surface area (Å²) in [6, 6.07) is 0. The van der Waals surface area contributed by atoms with Gasteiger partial charge in [-0.3, -0.25) is 6.08 Å². The molecule has 3 heteroatoms. The first-order chi connectivity index (χ1) is 2.50. The maximum Gasteiger partial charge on any atom is 3.00 e. The fraction of sp³-hybridized carbons (Fsp3) is 0.200. The zero-order valence-corrected chi connectivity index (χ0v) is 8.92. The van der Waals surface area contributed by atoms with Crippen molar-refractivity contribution in [1.82, 2.24) is 0 Å². The Kier molecular flexibility index (Phi) is 22.8. The van der Waals surface area contributed by atoms with Crippen molar-refractivity contribution in [1.29, 1.82) is 0 Å². The van der Waals surface area contributed by atoms with Crippen LogP contribution in [0.3, 0.4) is 0 Å². The van der Waals surface area contributed by atoms with Crippen LogP contribution in [0.4, 0.5) is 0 Å². The van der Waals surface area contributed by atoms with Crippen molar-refractivity contribution < 1.29 is 65.7 Å². The Labute approximate surface area is 95.1 Å². The molecule has 0 aromatic carbocycles. The topological polar surface area (TPSA) is 0 Å². The third-order valence-corrected chi connectivity index (χ3v) is 0.586. The molecule has 0 unspecified atom stereocenters. The molecule has 0 atom stereocenters. The molecule has 1 aliphatic rings. The fourth-order valence-corrected chi connectivity index (χ4v) is 0.340. The maximum atomic E-state index is 2.99. The van der Waals surface area contributed by atoms with Gasteiger partial charge in [-0.25, -0.2) is 12.2 Å². The molecule has 0 spiro atoms. The van der Waals surface area contributed by atoms with E-state index in [0.717, 1.165) is 6.42 Å². The van der Waals surface area contributed by atoms with Gasteiger partial charge in [0.1, 0.15) is 0 Å². The second-order valence-electron chi connectivity index (χ2n) is 1.00. The average molecular weight is 280 g/mol. The molecule has 1 radical (unpaired) electrons. The maximum absolute atomic E-state index is 2.99. The first-order valence-corrected chi connectivity index (χ1v) is 1.72. The normalized spacial score (nSPS) is 11.0. The van der Waals surface area contributed by atoms with Gasteiger partial charge in [0.05, 0.1) is 0 Å². The van der Waals surface area contributed by atoms with Crippen molar-refractivity contribution in [3.8, 4) is 0 Å². The molecule has 0 fully saturated rings. The zero-order valence-electron chi connectivity index (χ0n) is 4.20. The minimum atomic E-state index is 0. The Balaban J connectivity index is -0.0000000833. The van der Waals surface area contributed by atoms with Gasteiger partial charge < -0.3 is 24.8 Å². The summed E-state index contributed by atoms with van der Waals surface area (Å²) >= 11 is 0. The summed E-state index contributed by atoms with van der Waals surface area (Å²) in [7, 11) is 0. The van der Waals surface area contributed by atoms with Crippen molar-refractivity contribution in [3.05, 3.63) is 24.3 Å². The largest absolute Gasteiger partial charge is 3.00 e. The Bertz CT molecular complexity index is 68.5. The quantitative estimate of drug-likeness (QED) is 0.391. The summed E-state index contributed by atoms with van der Waals surface area (Å²) in [6.07, 6.45) is 10.0. The van der Waals surface area contributed by atoms with Gasteiger partial charge in [-0.15, -0.1) is 6.42 Å². The van der Waals surface area contributed by atoms with Gasteiger partial charge >= 0.3 is 40.8 Å². The summed E-state index contributed by atoms with van der Waals surface area (Å²) in [5.74, 6) is 0. The van der Waals surface area contributed by atoms with Crippen molar-refractivity contribution >= 4 is 0 Å². The second-order valence-corrected chi connectivity index (χ2v) is 1.00. The molecule has 8 heavy (non-hydrogen) atoms. The van der Waals surface area contributed by atoms with Crippen LogP contribution in [0, 0.1) is 46.9 Å². The minimum absolute atomic E-state index is 0. The number of hydrogen-bond acceptors (Lipinski definition) is 0. The molecule has 0 bridgehead atoms. The molecule has 0 amide bonds. The number of hydrogen-bond donors (Lipinski definition) is 0. The van der Waals surface area contributed by atoms with Crippen molar-refractivity contribution in [3.63, 3.8) is 0 Å². The first-order valence-electron chi connectivity index (χ1n) is 1.72. The second kappa shape index (κ2) is 11.2. The monoisotopic (exact) mass is 277 g/mol. The van der Waals surface area contributed by atoms with E-state index < -0.39 is 0 Å². The summed E-state index contributed by atoms with van der Waals surface area (Å²) in [6.45, 7) is 0. The molecule has 0 aromatic rings. The Morgan fingerprint density at radius 3 is 2.00 bits per heavy atom. The van der Waals surface area contributed by atoms with Crippen LogP contribution in [0.25, 0.3) is 0 Å². The molecule has 43 valence electrons. The number of halogens is 2. The Morgan fingerprint density at radius 2 is 1.88 bits per heavy atom. The van der Waals surface area contributed by atoms with Crippen LogP contribution < -0.4 is 24.8 Å². The summed E-state index contributed by atoms with van der Waals surface area (Å²) in [5.41, 5.74) is 0. The predicted molar refractivity (Wildman–Crippen MR) is 21.6 cm³/mol. The van der Waals surface area contributed by atoms with E-state index in [1.165, 1.54) is 0 Å². The Morgan fingerprint density at radius 1 is 1.25 bits per heavy atom. The van der Waals surface area contributed by atoms with E-state index in [4.69, 9.17) is 0 Å². The van der Waals surface area contributed by atoms with E-state index in [1.807, 2.05) is 12.2 Å². The van der Waals surface area contributed by atoms with Gasteiger partial charge in [-0.05, 0) is 0 Å². The number of rotatable bonds is 0. The van der Waals surface area contributed by atoms with Gasteiger partial charge in [0.15, 0.2) is 0 Å². The smallest absolute Gasteiger partial charge is 1.00 e. The SMILES string of the molecule is [C-]1=CC=CC1.[Cl-].[Cl-].[Nd+3]. The van der Waals surface area contributed by atoms with E-state index in [0.29, 0.717) is 0 Å². The van der Waals surface area contributed by atoms with Crippen LogP contribution in [0.1, 0.15) is 6.42 Å². The van der Waals surface area contributed by atoms with Crippen molar-refractivity contribution in [2.45, 2.75) is 6.42 Å². The van der Waals surface area contributed by atoms with Gasteiger partial charge in [-0.1, -0.05) is 0 Å². The third kappa shape index (κ3) is 7.41. The van der Waals surface area contributed by atoms with E-state index in [-0.39, 0.29) is 65.7 Å². The molecule has 0 heterocycles. The molecule has 0 saturated carbocycles. The van der Waals surface area contributed by atoms with Crippen molar-refractivity contribution in [2.24, 2.45) is 0 Å². The average Bonchev–Trinajstić information content (AvgIpc) is 1.76. The summed E-state index contributed by atoms with van der Waals surface area (Å²) < 4.78 is 0. The molecule has 1 aliphatic carbocycles. The third-order valence-electron chi connectivity index (χ3n) is 0.586. The van der Waals surface area contributed by atoms with E-state index in [1.54, 1.807) is 0 Å². The molecule has 0 aliphatic heterocycles. The zero-order chi connectivity index (χ0) is 3.54. The first kappa shape index (κ1) is 16.2. The van der Waals surface area contributed by atoms with Crippen LogP contribution >= 0.6 is 0 Å². The van der Waals surface area contributed by atoms with Crippen molar-refractivity contribution in [2.75, 3.05) is 0 Å². The molecule has 0 nitrogen and oxygen atoms in total. The van der Waals surface area contributed by atoms with Gasteiger partial charge in [0, 0.05) is 0 Å². The fourth-order valence-electron chi connectivity index (χ4n) is 0.340. The van der Waals surface area contributed by atoms with Gasteiger partial charge in [0.25, 0.3) is 0 Å². The predicted octanol–water partition coefficient (Wildman–Crippen LogP) is -4.69. The van der Waals surface area contributed by atoms with Crippen LogP contribution in [-0.2, 0) is 0 Å². The van der Waals surface area contributed by atoms with E-state index in [2.05, 4.69) is 12.2 Å². The van der Waals surface area contributed by atoms with Crippen LogP contribution in [0.2, 0.25) is 0 Å². The number of allylic oxidation sites excluding steroid dienone is 4. The van der Waals surface area contributed by atoms with E-state index >= 15 is 0 Å².